The van der Waals surface area contributed by atoms with Crippen LogP contribution in [0.1, 0.15) is 66.4 Å². The fraction of sp³-hybridized carbons (Fsp3) is 0.531. The first kappa shape index (κ1) is 31.1. The summed E-state index contributed by atoms with van der Waals surface area (Å²) in [5.41, 5.74) is 2.66. The number of unbranched alkanes of at least 4 members (excludes halogenated alkanes) is 1. The highest BCUT2D eigenvalue weighted by Crippen LogP contribution is 2.31. The van der Waals surface area contributed by atoms with Crippen molar-refractivity contribution in [1.29, 1.82) is 0 Å². The molecule has 1 saturated heterocycles. The van der Waals surface area contributed by atoms with Crippen LogP contribution in [0.4, 0.5) is 5.82 Å². The van der Waals surface area contributed by atoms with Gasteiger partial charge >= 0.3 is 11.9 Å². The number of benzene rings is 1. The SMILES string of the molecule is CCCCOCCOc1ccc(-c2cnc(N3CCC(COC(C)=O)C3)c(C=C(C)C(=O)OC(C)(C)C)c2)cc1. The van der Waals surface area contributed by atoms with Crippen molar-refractivity contribution in [1.82, 2.24) is 4.98 Å². The van der Waals surface area contributed by atoms with Gasteiger partial charge in [0.1, 0.15) is 23.8 Å². The smallest absolute Gasteiger partial charge is 0.334 e. The van der Waals surface area contributed by atoms with Gasteiger partial charge in [-0.1, -0.05) is 25.5 Å². The summed E-state index contributed by atoms with van der Waals surface area (Å²) < 4.78 is 22.2. The largest absolute Gasteiger partial charge is 0.491 e. The van der Waals surface area contributed by atoms with Crippen LogP contribution in [0.3, 0.4) is 0 Å². The number of hydrogen-bond acceptors (Lipinski definition) is 8. The second kappa shape index (κ2) is 14.8. The van der Waals surface area contributed by atoms with Crippen LogP contribution in [-0.4, -0.2) is 62.0 Å². The number of hydrogen-bond donors (Lipinski definition) is 0. The highest BCUT2D eigenvalue weighted by Gasteiger charge is 2.26. The highest BCUT2D eigenvalue weighted by molar-refractivity contribution is 5.94. The molecule has 1 aromatic heterocycles. The van der Waals surface area contributed by atoms with E-state index in [4.69, 9.17) is 23.9 Å². The van der Waals surface area contributed by atoms with Crippen LogP contribution < -0.4 is 9.64 Å². The zero-order valence-electron chi connectivity index (χ0n) is 24.8. The van der Waals surface area contributed by atoms with Gasteiger partial charge in [-0.25, -0.2) is 9.78 Å². The maximum atomic E-state index is 12.8. The molecule has 2 heterocycles. The number of carbonyl (C=O) groups excluding carboxylic acids is 2. The highest BCUT2D eigenvalue weighted by atomic mass is 16.6. The third-order valence-corrected chi connectivity index (χ3v) is 6.42. The number of esters is 2. The molecular formula is C32H44N2O6. The van der Waals surface area contributed by atoms with Crippen molar-refractivity contribution in [2.75, 3.05) is 44.4 Å². The van der Waals surface area contributed by atoms with Crippen LogP contribution in [0.15, 0.2) is 42.1 Å². The molecule has 8 nitrogen and oxygen atoms in total. The van der Waals surface area contributed by atoms with E-state index >= 15 is 0 Å². The van der Waals surface area contributed by atoms with Crippen molar-refractivity contribution < 1.29 is 28.5 Å². The third kappa shape index (κ3) is 9.97. The van der Waals surface area contributed by atoms with E-state index in [2.05, 4.69) is 11.8 Å². The molecule has 1 aliphatic rings. The van der Waals surface area contributed by atoms with E-state index in [0.717, 1.165) is 67.2 Å². The maximum absolute atomic E-state index is 12.8. The summed E-state index contributed by atoms with van der Waals surface area (Å²) in [7, 11) is 0. The fourth-order valence-corrected chi connectivity index (χ4v) is 4.36. The Morgan fingerprint density at radius 2 is 1.82 bits per heavy atom. The Hall–Kier alpha value is -3.39. The van der Waals surface area contributed by atoms with Gasteiger partial charge in [0, 0.05) is 55.4 Å². The summed E-state index contributed by atoms with van der Waals surface area (Å²) in [4.78, 5) is 31.0. The van der Waals surface area contributed by atoms with Crippen LogP contribution in [0.25, 0.3) is 17.2 Å². The van der Waals surface area contributed by atoms with Crippen molar-refractivity contribution in [3.8, 4) is 16.9 Å². The lowest BCUT2D eigenvalue weighted by Crippen LogP contribution is -2.25. The molecule has 40 heavy (non-hydrogen) atoms. The molecule has 1 aromatic carbocycles. The zero-order valence-corrected chi connectivity index (χ0v) is 24.8. The minimum atomic E-state index is -0.584. The van der Waals surface area contributed by atoms with E-state index in [9.17, 15) is 9.59 Å². The van der Waals surface area contributed by atoms with E-state index in [1.807, 2.05) is 63.4 Å². The van der Waals surface area contributed by atoms with E-state index in [-0.39, 0.29) is 17.9 Å². The number of carbonyl (C=O) groups is 2. The number of ether oxygens (including phenoxy) is 4. The minimum absolute atomic E-state index is 0.235. The van der Waals surface area contributed by atoms with E-state index in [0.29, 0.717) is 25.4 Å². The molecule has 1 aliphatic heterocycles. The summed E-state index contributed by atoms with van der Waals surface area (Å²) in [5, 5.41) is 0. The Balaban J connectivity index is 1.80. The van der Waals surface area contributed by atoms with Gasteiger partial charge in [-0.15, -0.1) is 0 Å². The first-order valence-corrected chi connectivity index (χ1v) is 14.2. The van der Waals surface area contributed by atoms with Gasteiger partial charge in [-0.05, 0) is 70.4 Å². The van der Waals surface area contributed by atoms with E-state index in [1.54, 1.807) is 6.92 Å². The monoisotopic (exact) mass is 552 g/mol. The van der Waals surface area contributed by atoms with E-state index < -0.39 is 5.60 Å². The second-order valence-corrected chi connectivity index (χ2v) is 11.2. The van der Waals surface area contributed by atoms with Gasteiger partial charge in [0.05, 0.1) is 13.2 Å². The molecule has 0 bridgehead atoms. The summed E-state index contributed by atoms with van der Waals surface area (Å²) >= 11 is 0. The lowest BCUT2D eigenvalue weighted by Gasteiger charge is -2.22. The molecular weight excluding hydrogens is 508 g/mol. The van der Waals surface area contributed by atoms with Crippen LogP contribution in [0.5, 0.6) is 5.75 Å². The van der Waals surface area contributed by atoms with Crippen molar-refractivity contribution in [2.24, 2.45) is 5.92 Å². The molecule has 218 valence electrons. The Morgan fingerprint density at radius 1 is 1.07 bits per heavy atom. The lowest BCUT2D eigenvalue weighted by atomic mass is 10.0. The summed E-state index contributed by atoms with van der Waals surface area (Å²) in [6.07, 6.45) is 6.77. The molecule has 3 rings (SSSR count). The predicted octanol–water partition coefficient (Wildman–Crippen LogP) is 6.08. The Labute approximate surface area is 238 Å². The molecule has 0 saturated carbocycles. The van der Waals surface area contributed by atoms with Crippen molar-refractivity contribution in [2.45, 2.75) is 66.4 Å². The predicted molar refractivity (Wildman–Crippen MR) is 157 cm³/mol. The van der Waals surface area contributed by atoms with Crippen molar-refractivity contribution in [3.05, 3.63) is 47.7 Å². The molecule has 1 atom stereocenters. The van der Waals surface area contributed by atoms with Gasteiger partial charge in [0.2, 0.25) is 0 Å². The van der Waals surface area contributed by atoms with Gasteiger partial charge in [0.25, 0.3) is 0 Å². The van der Waals surface area contributed by atoms with Gasteiger partial charge in [0.15, 0.2) is 0 Å². The third-order valence-electron chi connectivity index (χ3n) is 6.42. The summed E-state index contributed by atoms with van der Waals surface area (Å²) in [5.74, 6) is 1.18. The zero-order chi connectivity index (χ0) is 29.1. The molecule has 0 radical (unpaired) electrons. The van der Waals surface area contributed by atoms with Crippen LogP contribution >= 0.6 is 0 Å². The van der Waals surface area contributed by atoms with Crippen molar-refractivity contribution in [3.63, 3.8) is 0 Å². The number of aromatic nitrogens is 1. The molecule has 0 spiro atoms. The first-order valence-electron chi connectivity index (χ1n) is 14.2. The number of rotatable bonds is 13. The Morgan fingerprint density at radius 3 is 2.50 bits per heavy atom. The van der Waals surface area contributed by atoms with Crippen molar-refractivity contribution >= 4 is 23.8 Å². The van der Waals surface area contributed by atoms with Gasteiger partial charge in [-0.3, -0.25) is 4.79 Å². The normalized spacial score (nSPS) is 15.7. The van der Waals surface area contributed by atoms with Crippen LogP contribution in [0.2, 0.25) is 0 Å². The molecule has 1 unspecified atom stereocenters. The van der Waals surface area contributed by atoms with Crippen LogP contribution in [0, 0.1) is 5.92 Å². The standard InChI is InChI=1S/C32H44N2O6/c1-7-8-15-37-16-17-38-29-11-9-26(10-12-29)28-19-27(18-23(2)31(36)40-32(4,5)6)30(33-20-28)34-14-13-25(21-34)22-39-24(3)35/h9-12,18-20,25H,7-8,13-17,21-22H2,1-6H3. The topological polar surface area (TPSA) is 87.2 Å². The van der Waals surface area contributed by atoms with Crippen LogP contribution in [-0.2, 0) is 23.8 Å². The first-order chi connectivity index (χ1) is 19.1. The average Bonchev–Trinajstić information content (AvgIpc) is 3.37. The summed E-state index contributed by atoms with van der Waals surface area (Å²) in [6, 6.07) is 9.94. The number of pyridine rings is 1. The Bertz CT molecular complexity index is 1150. The maximum Gasteiger partial charge on any atom is 0.334 e. The van der Waals surface area contributed by atoms with E-state index in [1.165, 1.54) is 6.92 Å². The van der Waals surface area contributed by atoms with Gasteiger partial charge in [-0.2, -0.15) is 0 Å². The molecule has 8 heteroatoms. The molecule has 0 amide bonds. The lowest BCUT2D eigenvalue weighted by molar-refractivity contribution is -0.149. The number of anilines is 1. The Kier molecular flexibility index (Phi) is 11.6. The quantitative estimate of drug-likeness (QED) is 0.168. The average molecular weight is 553 g/mol. The summed E-state index contributed by atoms with van der Waals surface area (Å²) in [6.45, 7) is 14.6. The van der Waals surface area contributed by atoms with Gasteiger partial charge < -0.3 is 23.8 Å². The number of nitrogens with zero attached hydrogens (tertiary/aromatic N) is 2. The molecule has 0 N–H and O–H groups in total. The molecule has 0 aliphatic carbocycles. The minimum Gasteiger partial charge on any atom is -0.491 e. The molecule has 2 aromatic rings. The fourth-order valence-electron chi connectivity index (χ4n) is 4.36. The second-order valence-electron chi connectivity index (χ2n) is 11.2. The molecule has 1 fully saturated rings.